The third-order valence-corrected chi connectivity index (χ3v) is 6.02. The molecule has 134 valence electrons. The molecule has 1 saturated carbocycles. The van der Waals surface area contributed by atoms with Gasteiger partial charge in [-0.1, -0.05) is 41.1 Å². The van der Waals surface area contributed by atoms with Gasteiger partial charge in [0.25, 0.3) is 0 Å². The molecule has 0 bridgehead atoms. The molecular weight excluding hydrogens is 380 g/mol. The maximum Gasteiger partial charge on any atom is 0.245 e. The smallest absolute Gasteiger partial charge is 0.245 e. The van der Waals surface area contributed by atoms with Gasteiger partial charge in [-0.15, -0.1) is 0 Å². The second-order valence-electron chi connectivity index (χ2n) is 7.01. The number of nitrogens with zero attached hydrogens (tertiary/aromatic N) is 1. The Morgan fingerprint density at radius 3 is 2.44 bits per heavy atom. The molecular formula is C20H25BrN2O2. The number of amides is 2. The Bertz CT molecular complexity index is 636. The van der Waals surface area contributed by atoms with Gasteiger partial charge in [0.15, 0.2) is 0 Å². The third kappa shape index (κ3) is 4.32. The van der Waals surface area contributed by atoms with E-state index in [2.05, 4.69) is 52.1 Å². The van der Waals surface area contributed by atoms with Crippen LogP contribution in [0.2, 0.25) is 0 Å². The number of halogens is 1. The van der Waals surface area contributed by atoms with Crippen LogP contribution >= 0.6 is 15.9 Å². The lowest BCUT2D eigenvalue weighted by Crippen LogP contribution is -2.45. The van der Waals surface area contributed by atoms with Gasteiger partial charge in [-0.25, -0.2) is 0 Å². The quantitative estimate of drug-likeness (QED) is 0.778. The van der Waals surface area contributed by atoms with E-state index >= 15 is 0 Å². The van der Waals surface area contributed by atoms with Crippen LogP contribution in [0.4, 0.5) is 0 Å². The van der Waals surface area contributed by atoms with Gasteiger partial charge in [0, 0.05) is 35.4 Å². The van der Waals surface area contributed by atoms with Gasteiger partial charge in [0.2, 0.25) is 11.8 Å². The van der Waals surface area contributed by atoms with Crippen molar-refractivity contribution in [2.45, 2.75) is 44.1 Å². The van der Waals surface area contributed by atoms with Crippen molar-refractivity contribution in [3.8, 4) is 0 Å². The minimum absolute atomic E-state index is 0.0139. The molecule has 3 rings (SSSR count). The summed E-state index contributed by atoms with van der Waals surface area (Å²) in [6.45, 7) is 4.81. The van der Waals surface area contributed by atoms with Crippen LogP contribution in [0.25, 0.3) is 0 Å². The number of rotatable bonds is 4. The molecule has 1 heterocycles. The zero-order valence-electron chi connectivity index (χ0n) is 14.4. The van der Waals surface area contributed by atoms with Crippen molar-refractivity contribution >= 4 is 27.7 Å². The van der Waals surface area contributed by atoms with Gasteiger partial charge in [-0.05, 0) is 49.5 Å². The van der Waals surface area contributed by atoms with Crippen molar-refractivity contribution in [2.24, 2.45) is 5.92 Å². The monoisotopic (exact) mass is 404 g/mol. The number of hydrogen-bond acceptors (Lipinski definition) is 2. The molecule has 0 spiro atoms. The van der Waals surface area contributed by atoms with Gasteiger partial charge in [0.1, 0.15) is 0 Å². The summed E-state index contributed by atoms with van der Waals surface area (Å²) in [6, 6.07) is 8.66. The number of likely N-dealkylation sites (tertiary alicyclic amines) is 1. The zero-order valence-corrected chi connectivity index (χ0v) is 16.0. The second-order valence-corrected chi connectivity index (χ2v) is 7.92. The van der Waals surface area contributed by atoms with E-state index in [1.165, 1.54) is 11.6 Å². The molecule has 2 fully saturated rings. The normalized spacial score (nSPS) is 24.1. The van der Waals surface area contributed by atoms with E-state index in [1.54, 1.807) is 4.90 Å². The Kier molecular flexibility index (Phi) is 5.94. The summed E-state index contributed by atoms with van der Waals surface area (Å²) in [4.78, 5) is 26.1. The Labute approximate surface area is 157 Å². The molecule has 1 saturated heterocycles. The molecule has 4 nitrogen and oxygen atoms in total. The van der Waals surface area contributed by atoms with Gasteiger partial charge < -0.3 is 10.2 Å². The Balaban J connectivity index is 1.56. The van der Waals surface area contributed by atoms with Crippen LogP contribution in [0.1, 0.15) is 43.6 Å². The fraction of sp³-hybridized carbons (Fsp3) is 0.500. The summed E-state index contributed by atoms with van der Waals surface area (Å²) in [7, 11) is 0. The first kappa shape index (κ1) is 18.2. The van der Waals surface area contributed by atoms with E-state index in [1.807, 2.05) is 0 Å². The van der Waals surface area contributed by atoms with Crippen molar-refractivity contribution in [2.75, 3.05) is 13.1 Å². The molecule has 1 aliphatic heterocycles. The Morgan fingerprint density at radius 2 is 1.80 bits per heavy atom. The highest BCUT2D eigenvalue weighted by molar-refractivity contribution is 9.10. The summed E-state index contributed by atoms with van der Waals surface area (Å²) in [5.74, 6) is 0.532. The molecule has 1 N–H and O–H groups in total. The SMILES string of the molecule is C=CC(=O)N1CCC(C(=O)NC2CCCC2c2ccc(Br)cc2)CC1. The number of benzene rings is 1. The van der Waals surface area contributed by atoms with E-state index in [0.717, 1.165) is 36.6 Å². The van der Waals surface area contributed by atoms with E-state index < -0.39 is 0 Å². The average molecular weight is 405 g/mol. The fourth-order valence-corrected chi connectivity index (χ4v) is 4.30. The Hall–Kier alpha value is -1.62. The molecule has 1 aliphatic carbocycles. The standard InChI is InChI=1S/C20H25BrN2O2/c1-2-19(24)23-12-10-15(11-13-23)20(25)22-18-5-3-4-17(18)14-6-8-16(21)9-7-14/h2,6-9,15,17-18H,1,3-5,10-13H2,(H,22,25). The van der Waals surface area contributed by atoms with Gasteiger partial charge in [-0.3, -0.25) is 9.59 Å². The molecule has 0 radical (unpaired) electrons. The topological polar surface area (TPSA) is 49.4 Å². The Morgan fingerprint density at radius 1 is 1.12 bits per heavy atom. The van der Waals surface area contributed by atoms with E-state index in [9.17, 15) is 9.59 Å². The lowest BCUT2D eigenvalue weighted by molar-refractivity contribution is -0.132. The molecule has 2 aliphatic rings. The van der Waals surface area contributed by atoms with Crippen LogP contribution in [-0.2, 0) is 9.59 Å². The first-order valence-electron chi connectivity index (χ1n) is 9.05. The second kappa shape index (κ2) is 8.17. The summed E-state index contributed by atoms with van der Waals surface area (Å²) < 4.78 is 1.08. The summed E-state index contributed by atoms with van der Waals surface area (Å²) in [6.07, 6.45) is 6.14. The number of carbonyl (C=O) groups excluding carboxylic acids is 2. The minimum atomic E-state index is -0.0371. The minimum Gasteiger partial charge on any atom is -0.353 e. The van der Waals surface area contributed by atoms with Crippen LogP contribution in [0.3, 0.4) is 0 Å². The average Bonchev–Trinajstić information content (AvgIpc) is 3.10. The van der Waals surface area contributed by atoms with Crippen LogP contribution in [0.15, 0.2) is 41.4 Å². The van der Waals surface area contributed by atoms with E-state index in [-0.39, 0.29) is 23.8 Å². The van der Waals surface area contributed by atoms with Crippen LogP contribution < -0.4 is 5.32 Å². The van der Waals surface area contributed by atoms with Crippen molar-refractivity contribution in [3.05, 3.63) is 47.0 Å². The molecule has 0 aromatic heterocycles. The van der Waals surface area contributed by atoms with Crippen molar-refractivity contribution in [3.63, 3.8) is 0 Å². The van der Waals surface area contributed by atoms with Gasteiger partial charge in [0.05, 0.1) is 0 Å². The predicted molar refractivity (Wildman–Crippen MR) is 102 cm³/mol. The third-order valence-electron chi connectivity index (χ3n) is 5.49. The van der Waals surface area contributed by atoms with Gasteiger partial charge >= 0.3 is 0 Å². The highest BCUT2D eigenvalue weighted by Gasteiger charge is 2.33. The van der Waals surface area contributed by atoms with Crippen LogP contribution in [0.5, 0.6) is 0 Å². The summed E-state index contributed by atoms with van der Waals surface area (Å²) in [5, 5.41) is 3.30. The molecule has 2 atom stereocenters. The molecule has 25 heavy (non-hydrogen) atoms. The maximum atomic E-state index is 12.7. The summed E-state index contributed by atoms with van der Waals surface area (Å²) in [5.41, 5.74) is 1.30. The number of piperidine rings is 1. The number of nitrogens with one attached hydrogen (secondary N) is 1. The first-order chi connectivity index (χ1) is 12.1. The first-order valence-corrected chi connectivity index (χ1v) is 9.85. The maximum absolute atomic E-state index is 12.7. The van der Waals surface area contributed by atoms with Crippen LogP contribution in [0, 0.1) is 5.92 Å². The van der Waals surface area contributed by atoms with E-state index in [0.29, 0.717) is 19.0 Å². The molecule has 2 amide bonds. The molecule has 5 heteroatoms. The lowest BCUT2D eigenvalue weighted by Gasteiger charge is -2.32. The fourth-order valence-electron chi connectivity index (χ4n) is 4.03. The predicted octanol–water partition coefficient (Wildman–Crippen LogP) is 3.63. The van der Waals surface area contributed by atoms with Crippen molar-refractivity contribution < 1.29 is 9.59 Å². The molecule has 2 unspecified atom stereocenters. The van der Waals surface area contributed by atoms with Gasteiger partial charge in [-0.2, -0.15) is 0 Å². The molecule has 1 aromatic carbocycles. The van der Waals surface area contributed by atoms with Crippen molar-refractivity contribution in [1.29, 1.82) is 0 Å². The highest BCUT2D eigenvalue weighted by Crippen LogP contribution is 2.35. The molecule has 1 aromatic rings. The zero-order chi connectivity index (χ0) is 17.8. The highest BCUT2D eigenvalue weighted by atomic mass is 79.9. The number of carbonyl (C=O) groups is 2. The number of hydrogen-bond donors (Lipinski definition) is 1. The van der Waals surface area contributed by atoms with Crippen LogP contribution in [-0.4, -0.2) is 35.8 Å². The van der Waals surface area contributed by atoms with Crippen molar-refractivity contribution in [1.82, 2.24) is 10.2 Å². The largest absolute Gasteiger partial charge is 0.353 e. The lowest BCUT2D eigenvalue weighted by atomic mass is 9.92. The van der Waals surface area contributed by atoms with E-state index in [4.69, 9.17) is 0 Å². The summed E-state index contributed by atoms with van der Waals surface area (Å²) >= 11 is 3.48.